The molecular formula is C26H44. The van der Waals surface area contributed by atoms with E-state index in [1.165, 1.54) is 114 Å². The average molecular weight is 357 g/mol. The largest absolute Gasteiger partial charge is 0.0810 e. The third-order valence-corrected chi connectivity index (χ3v) is 5.49. The van der Waals surface area contributed by atoms with Gasteiger partial charge in [-0.2, -0.15) is 0 Å². The molecule has 0 bridgehead atoms. The number of hydrogen-bond donors (Lipinski definition) is 0. The van der Waals surface area contributed by atoms with Crippen LogP contribution in [0, 0.1) is 0 Å². The number of unbranched alkanes of at least 4 members (excludes halogenated alkanes) is 15. The van der Waals surface area contributed by atoms with Crippen LogP contribution in [0.25, 0.3) is 5.57 Å². The van der Waals surface area contributed by atoms with Gasteiger partial charge in [0.25, 0.3) is 0 Å². The summed E-state index contributed by atoms with van der Waals surface area (Å²) in [6, 6.07) is 10.8. The van der Waals surface area contributed by atoms with Crippen LogP contribution in [0.15, 0.2) is 36.4 Å². The van der Waals surface area contributed by atoms with E-state index in [2.05, 4.69) is 50.3 Å². The zero-order valence-electron chi connectivity index (χ0n) is 17.8. The third-order valence-electron chi connectivity index (χ3n) is 5.49. The van der Waals surface area contributed by atoms with Crippen molar-refractivity contribution in [2.24, 2.45) is 0 Å². The lowest BCUT2D eigenvalue weighted by Gasteiger charge is -2.04. The highest BCUT2D eigenvalue weighted by Crippen LogP contribution is 2.16. The molecule has 0 aromatic heterocycles. The first kappa shape index (κ1) is 23.0. The molecule has 0 aliphatic carbocycles. The van der Waals surface area contributed by atoms with Crippen LogP contribution in [0.4, 0.5) is 0 Å². The summed E-state index contributed by atoms with van der Waals surface area (Å²) < 4.78 is 0. The first-order valence-corrected chi connectivity index (χ1v) is 11.6. The molecule has 0 aliphatic rings. The summed E-state index contributed by atoms with van der Waals surface area (Å²) in [6.45, 7) is 4.53. The Kier molecular flexibility index (Phi) is 15.4. The van der Waals surface area contributed by atoms with Crippen molar-refractivity contribution in [2.75, 3.05) is 0 Å². The summed E-state index contributed by atoms with van der Waals surface area (Å²) >= 11 is 0. The Labute approximate surface area is 164 Å². The summed E-state index contributed by atoms with van der Waals surface area (Å²) in [7, 11) is 0. The summed E-state index contributed by atoms with van der Waals surface area (Å²) in [4.78, 5) is 0. The molecular weight excluding hydrogens is 312 g/mol. The molecule has 0 nitrogen and oxygen atoms in total. The maximum absolute atomic E-state index is 2.41. The van der Waals surface area contributed by atoms with E-state index in [4.69, 9.17) is 0 Å². The van der Waals surface area contributed by atoms with Crippen LogP contribution in [0.3, 0.4) is 0 Å². The van der Waals surface area contributed by atoms with Crippen LogP contribution in [-0.4, -0.2) is 0 Å². The van der Waals surface area contributed by atoms with E-state index in [1.54, 1.807) is 0 Å². The Bertz CT molecular complexity index is 429. The van der Waals surface area contributed by atoms with Crippen molar-refractivity contribution in [3.8, 4) is 0 Å². The van der Waals surface area contributed by atoms with Crippen LogP contribution >= 0.6 is 0 Å². The Morgan fingerprint density at radius 3 is 1.50 bits per heavy atom. The molecule has 148 valence electrons. The maximum atomic E-state index is 2.41. The van der Waals surface area contributed by atoms with Crippen molar-refractivity contribution < 1.29 is 0 Å². The number of rotatable bonds is 17. The lowest BCUT2D eigenvalue weighted by molar-refractivity contribution is 0.533. The highest BCUT2D eigenvalue weighted by molar-refractivity contribution is 5.63. The van der Waals surface area contributed by atoms with E-state index >= 15 is 0 Å². The summed E-state index contributed by atoms with van der Waals surface area (Å²) in [5.74, 6) is 0. The maximum Gasteiger partial charge on any atom is -0.0231 e. The van der Waals surface area contributed by atoms with Crippen LogP contribution in [-0.2, 0) is 0 Å². The predicted octanol–water partition coefficient (Wildman–Crippen LogP) is 9.35. The minimum Gasteiger partial charge on any atom is -0.0810 e. The van der Waals surface area contributed by atoms with Crippen LogP contribution in [0.2, 0.25) is 0 Å². The van der Waals surface area contributed by atoms with Crippen molar-refractivity contribution in [3.63, 3.8) is 0 Å². The summed E-state index contributed by atoms with van der Waals surface area (Å²) in [6.07, 6.45) is 25.3. The molecule has 0 amide bonds. The zero-order valence-corrected chi connectivity index (χ0v) is 17.8. The molecule has 0 N–H and O–H groups in total. The van der Waals surface area contributed by atoms with Gasteiger partial charge in [0, 0.05) is 0 Å². The van der Waals surface area contributed by atoms with Gasteiger partial charge in [0.15, 0.2) is 0 Å². The molecule has 1 aromatic carbocycles. The SMILES string of the molecule is CCCCCCCCCCCCCCCCCC=C(C)c1ccccc1. The molecule has 0 fully saturated rings. The second kappa shape index (κ2) is 17.4. The fourth-order valence-electron chi connectivity index (χ4n) is 3.65. The Hall–Kier alpha value is -1.04. The summed E-state index contributed by atoms with van der Waals surface area (Å²) in [5, 5.41) is 0. The number of benzene rings is 1. The van der Waals surface area contributed by atoms with Gasteiger partial charge in [0.1, 0.15) is 0 Å². The molecule has 1 aromatic rings. The second-order valence-electron chi connectivity index (χ2n) is 7.99. The van der Waals surface area contributed by atoms with Crippen LogP contribution in [0.1, 0.15) is 122 Å². The molecule has 0 heteroatoms. The number of hydrogen-bond acceptors (Lipinski definition) is 0. The third kappa shape index (κ3) is 13.2. The quantitative estimate of drug-likeness (QED) is 0.244. The van der Waals surface area contributed by atoms with E-state index in [1.807, 2.05) is 0 Å². The zero-order chi connectivity index (χ0) is 18.7. The first-order chi connectivity index (χ1) is 12.8. The fraction of sp³-hybridized carbons (Fsp3) is 0.692. The topological polar surface area (TPSA) is 0 Å². The van der Waals surface area contributed by atoms with Gasteiger partial charge in [-0.1, -0.05) is 133 Å². The Morgan fingerprint density at radius 1 is 0.615 bits per heavy atom. The molecule has 0 saturated carbocycles. The molecule has 0 spiro atoms. The second-order valence-corrected chi connectivity index (χ2v) is 7.99. The minimum atomic E-state index is 1.24. The fourth-order valence-corrected chi connectivity index (χ4v) is 3.65. The molecule has 26 heavy (non-hydrogen) atoms. The van der Waals surface area contributed by atoms with E-state index < -0.39 is 0 Å². The smallest absolute Gasteiger partial charge is 0.0231 e. The van der Waals surface area contributed by atoms with E-state index in [0.717, 1.165) is 0 Å². The van der Waals surface area contributed by atoms with Crippen LogP contribution < -0.4 is 0 Å². The Morgan fingerprint density at radius 2 is 1.04 bits per heavy atom. The predicted molar refractivity (Wildman–Crippen MR) is 120 cm³/mol. The lowest BCUT2D eigenvalue weighted by Crippen LogP contribution is -1.83. The van der Waals surface area contributed by atoms with Crippen molar-refractivity contribution >= 4 is 5.57 Å². The van der Waals surface area contributed by atoms with Crippen molar-refractivity contribution in [3.05, 3.63) is 42.0 Å². The van der Waals surface area contributed by atoms with Crippen molar-refractivity contribution in [1.29, 1.82) is 0 Å². The average Bonchev–Trinajstić information content (AvgIpc) is 2.68. The summed E-state index contributed by atoms with van der Waals surface area (Å²) in [5.41, 5.74) is 2.80. The molecule has 0 unspecified atom stereocenters. The highest BCUT2D eigenvalue weighted by atomic mass is 14.0. The van der Waals surface area contributed by atoms with E-state index in [0.29, 0.717) is 0 Å². The van der Waals surface area contributed by atoms with Gasteiger partial charge in [0.05, 0.1) is 0 Å². The van der Waals surface area contributed by atoms with Gasteiger partial charge in [-0.15, -0.1) is 0 Å². The van der Waals surface area contributed by atoms with E-state index in [-0.39, 0.29) is 0 Å². The molecule has 0 radical (unpaired) electrons. The van der Waals surface area contributed by atoms with Gasteiger partial charge in [-0.25, -0.2) is 0 Å². The molecule has 0 heterocycles. The van der Waals surface area contributed by atoms with Gasteiger partial charge < -0.3 is 0 Å². The minimum absolute atomic E-state index is 1.24. The number of allylic oxidation sites excluding steroid dienone is 2. The molecule has 0 aliphatic heterocycles. The van der Waals surface area contributed by atoms with Crippen LogP contribution in [0.5, 0.6) is 0 Å². The van der Waals surface area contributed by atoms with Gasteiger partial charge in [0.2, 0.25) is 0 Å². The van der Waals surface area contributed by atoms with Gasteiger partial charge in [-0.05, 0) is 30.9 Å². The lowest BCUT2D eigenvalue weighted by atomic mass is 10.0. The highest BCUT2D eigenvalue weighted by Gasteiger charge is 1.95. The molecule has 0 saturated heterocycles. The van der Waals surface area contributed by atoms with Gasteiger partial charge >= 0.3 is 0 Å². The molecule has 1 rings (SSSR count). The standard InChI is InChI=1S/C26H44/c1-3-4-5-6-7-8-9-10-11-12-13-14-15-16-17-19-22-25(2)26-23-20-18-21-24-26/h18,20-24H,3-17,19H2,1-2H3. The first-order valence-electron chi connectivity index (χ1n) is 11.6. The van der Waals surface area contributed by atoms with Crippen molar-refractivity contribution in [1.82, 2.24) is 0 Å². The van der Waals surface area contributed by atoms with E-state index in [9.17, 15) is 0 Å². The molecule has 0 atom stereocenters. The monoisotopic (exact) mass is 356 g/mol. The Balaban J connectivity index is 1.81. The van der Waals surface area contributed by atoms with Gasteiger partial charge in [-0.3, -0.25) is 0 Å². The normalized spacial score (nSPS) is 11.8. The van der Waals surface area contributed by atoms with Crippen molar-refractivity contribution in [2.45, 2.75) is 117 Å².